The summed E-state index contributed by atoms with van der Waals surface area (Å²) in [6, 6.07) is 0. The second-order valence-corrected chi connectivity index (χ2v) is 6.37. The Balaban J connectivity index is 4.57. The Bertz CT molecular complexity index is 173. The predicted octanol–water partition coefficient (Wildman–Crippen LogP) is 3.71. The lowest BCUT2D eigenvalue weighted by Gasteiger charge is -2.26. The van der Waals surface area contributed by atoms with Crippen molar-refractivity contribution in [1.82, 2.24) is 0 Å². The highest BCUT2D eigenvalue weighted by Gasteiger charge is 2.37. The highest BCUT2D eigenvalue weighted by molar-refractivity contribution is 6.66. The minimum atomic E-state index is -2.56. The normalized spacial score (nSPS) is 12.5. The summed E-state index contributed by atoms with van der Waals surface area (Å²) in [7, 11) is -2.56. The van der Waals surface area contributed by atoms with E-state index < -0.39 is 8.80 Å². The standard InChI is InChI=1S/C13H28O3Si/c1-5-9-13-17(14-10-6-2,15-11-7-3)16-12-8-4/h9,13H,5-8,10-12H2,1-4H3. The maximum absolute atomic E-state index is 5.89. The van der Waals surface area contributed by atoms with Crippen molar-refractivity contribution < 1.29 is 13.3 Å². The molecule has 0 rings (SSSR count). The second kappa shape index (κ2) is 11.0. The Kier molecular flexibility index (Phi) is 10.9. The Hall–Kier alpha value is -0.163. The van der Waals surface area contributed by atoms with E-state index in [2.05, 4.69) is 33.8 Å². The molecule has 0 amide bonds. The summed E-state index contributed by atoms with van der Waals surface area (Å²) in [5.74, 6) is 0. The van der Waals surface area contributed by atoms with Crippen LogP contribution in [-0.2, 0) is 13.3 Å². The van der Waals surface area contributed by atoms with Crippen LogP contribution in [0.25, 0.3) is 0 Å². The van der Waals surface area contributed by atoms with Crippen molar-refractivity contribution in [2.45, 2.75) is 53.4 Å². The van der Waals surface area contributed by atoms with Crippen LogP contribution in [0.4, 0.5) is 0 Å². The van der Waals surface area contributed by atoms with Gasteiger partial charge < -0.3 is 13.3 Å². The third-order valence-corrected chi connectivity index (χ3v) is 4.54. The van der Waals surface area contributed by atoms with E-state index in [1.54, 1.807) is 0 Å². The van der Waals surface area contributed by atoms with Gasteiger partial charge in [0.2, 0.25) is 0 Å². The van der Waals surface area contributed by atoms with Crippen LogP contribution in [0.5, 0.6) is 0 Å². The Morgan fingerprint density at radius 2 is 1.18 bits per heavy atom. The van der Waals surface area contributed by atoms with Crippen LogP contribution in [0.3, 0.4) is 0 Å². The van der Waals surface area contributed by atoms with Crippen molar-refractivity contribution in [2.24, 2.45) is 0 Å². The van der Waals surface area contributed by atoms with Gasteiger partial charge in [0.25, 0.3) is 0 Å². The summed E-state index contributed by atoms with van der Waals surface area (Å²) in [5, 5.41) is 0. The molecule has 0 saturated heterocycles. The van der Waals surface area contributed by atoms with E-state index in [1.165, 1.54) is 0 Å². The molecule has 0 saturated carbocycles. The van der Waals surface area contributed by atoms with Gasteiger partial charge in [-0.3, -0.25) is 0 Å². The molecule has 0 atom stereocenters. The zero-order chi connectivity index (χ0) is 13.0. The molecule has 17 heavy (non-hydrogen) atoms. The van der Waals surface area contributed by atoms with Crippen LogP contribution in [-0.4, -0.2) is 28.6 Å². The van der Waals surface area contributed by atoms with Crippen LogP contribution in [0.15, 0.2) is 11.8 Å². The summed E-state index contributed by atoms with van der Waals surface area (Å²) in [6.07, 6.45) is 6.03. The van der Waals surface area contributed by atoms with Gasteiger partial charge in [-0.25, -0.2) is 0 Å². The molecule has 3 nitrogen and oxygen atoms in total. The first-order valence-corrected chi connectivity index (χ1v) is 8.64. The summed E-state index contributed by atoms with van der Waals surface area (Å²) in [5.41, 5.74) is 2.04. The van der Waals surface area contributed by atoms with Crippen LogP contribution < -0.4 is 0 Å². The third kappa shape index (κ3) is 7.71. The third-order valence-electron chi connectivity index (χ3n) is 2.08. The maximum Gasteiger partial charge on any atom is 0.529 e. The molecular weight excluding hydrogens is 232 g/mol. The lowest BCUT2D eigenvalue weighted by atomic mass is 10.5. The van der Waals surface area contributed by atoms with Gasteiger partial charge >= 0.3 is 8.80 Å². The number of allylic oxidation sites excluding steroid dienone is 1. The molecule has 0 radical (unpaired) electrons. The van der Waals surface area contributed by atoms with E-state index in [4.69, 9.17) is 13.3 Å². The highest BCUT2D eigenvalue weighted by atomic mass is 28.4. The van der Waals surface area contributed by atoms with Gasteiger partial charge in [0.1, 0.15) is 0 Å². The molecular formula is C13H28O3Si. The molecule has 0 aromatic heterocycles. The Morgan fingerprint density at radius 3 is 1.47 bits per heavy atom. The summed E-state index contributed by atoms with van der Waals surface area (Å²) in [4.78, 5) is 0. The van der Waals surface area contributed by atoms with E-state index in [9.17, 15) is 0 Å². The fourth-order valence-electron chi connectivity index (χ4n) is 1.26. The monoisotopic (exact) mass is 260 g/mol. The van der Waals surface area contributed by atoms with Crippen molar-refractivity contribution in [2.75, 3.05) is 19.8 Å². The highest BCUT2D eigenvalue weighted by Crippen LogP contribution is 2.14. The molecule has 0 spiro atoms. The molecule has 0 unspecified atom stereocenters. The molecule has 0 bridgehead atoms. The largest absolute Gasteiger partial charge is 0.529 e. The van der Waals surface area contributed by atoms with Gasteiger partial charge in [0, 0.05) is 19.8 Å². The smallest absolute Gasteiger partial charge is 0.370 e. The van der Waals surface area contributed by atoms with Crippen molar-refractivity contribution >= 4 is 8.80 Å². The minimum Gasteiger partial charge on any atom is -0.370 e. The van der Waals surface area contributed by atoms with E-state index in [1.807, 2.05) is 5.70 Å². The topological polar surface area (TPSA) is 27.7 Å². The van der Waals surface area contributed by atoms with Gasteiger partial charge in [0.05, 0.1) is 0 Å². The quantitative estimate of drug-likeness (QED) is 0.530. The molecule has 0 heterocycles. The van der Waals surface area contributed by atoms with E-state index in [0.29, 0.717) is 19.8 Å². The first-order valence-electron chi connectivity index (χ1n) is 6.84. The van der Waals surface area contributed by atoms with Gasteiger partial charge in [-0.1, -0.05) is 33.8 Å². The zero-order valence-corrected chi connectivity index (χ0v) is 12.8. The average molecular weight is 260 g/mol. The SMILES string of the molecule is CCC=C[Si](OCCC)(OCCC)OCCC. The molecule has 102 valence electrons. The molecule has 0 N–H and O–H groups in total. The summed E-state index contributed by atoms with van der Waals surface area (Å²) >= 11 is 0. The molecule has 0 aromatic carbocycles. The Morgan fingerprint density at radius 1 is 0.765 bits per heavy atom. The number of hydrogen-bond donors (Lipinski definition) is 0. The molecule has 0 aromatic rings. The zero-order valence-electron chi connectivity index (χ0n) is 11.8. The number of rotatable bonds is 11. The lowest BCUT2D eigenvalue weighted by molar-refractivity contribution is 0.0715. The molecule has 4 heteroatoms. The second-order valence-electron chi connectivity index (χ2n) is 3.96. The van der Waals surface area contributed by atoms with Crippen molar-refractivity contribution in [3.63, 3.8) is 0 Å². The van der Waals surface area contributed by atoms with Crippen molar-refractivity contribution in [3.05, 3.63) is 11.8 Å². The lowest BCUT2D eigenvalue weighted by Crippen LogP contribution is -2.45. The van der Waals surface area contributed by atoms with E-state index in [0.717, 1.165) is 25.7 Å². The van der Waals surface area contributed by atoms with Gasteiger partial charge in [-0.2, -0.15) is 0 Å². The fraction of sp³-hybridized carbons (Fsp3) is 0.846. The fourth-order valence-corrected chi connectivity index (χ4v) is 3.79. The van der Waals surface area contributed by atoms with Crippen molar-refractivity contribution in [3.8, 4) is 0 Å². The van der Waals surface area contributed by atoms with Crippen molar-refractivity contribution in [1.29, 1.82) is 0 Å². The van der Waals surface area contributed by atoms with Gasteiger partial charge in [-0.15, -0.1) is 0 Å². The minimum absolute atomic E-state index is 0.702. The number of hydrogen-bond acceptors (Lipinski definition) is 3. The van der Waals surface area contributed by atoms with Crippen LogP contribution in [0.2, 0.25) is 0 Å². The average Bonchev–Trinajstić information content (AvgIpc) is 2.37. The summed E-state index contributed by atoms with van der Waals surface area (Å²) in [6.45, 7) is 10.5. The van der Waals surface area contributed by atoms with Crippen LogP contribution >= 0.6 is 0 Å². The van der Waals surface area contributed by atoms with Gasteiger partial charge in [-0.05, 0) is 31.4 Å². The van der Waals surface area contributed by atoms with E-state index >= 15 is 0 Å². The molecule has 0 aliphatic heterocycles. The van der Waals surface area contributed by atoms with Crippen LogP contribution in [0, 0.1) is 0 Å². The van der Waals surface area contributed by atoms with Gasteiger partial charge in [0.15, 0.2) is 0 Å². The summed E-state index contributed by atoms with van der Waals surface area (Å²) < 4.78 is 17.7. The van der Waals surface area contributed by atoms with E-state index in [-0.39, 0.29) is 0 Å². The molecule has 0 fully saturated rings. The molecule has 0 aliphatic rings. The molecule has 0 aliphatic carbocycles. The first kappa shape index (κ1) is 16.8. The first-order chi connectivity index (χ1) is 8.24. The predicted molar refractivity (Wildman–Crippen MR) is 73.9 cm³/mol. The Labute approximate surface area is 108 Å². The maximum atomic E-state index is 5.89. The van der Waals surface area contributed by atoms with Crippen LogP contribution in [0.1, 0.15) is 53.4 Å².